The standard InChI is InChI=1S/C31H52O3/c1-18(2)19(3)27-28(34-29(5,6)33-27)20(4)24-11-12-25-23-10-9-21-17-22(32)13-15-30(21,7)26(23)14-16-31(24,25)8/h9,18-20,22-28,32H,10-17H2,1-8H3/t19-,20-,22?,23-,24+,25-,26-,27+,28+,30-,31+/m0/s1. The number of hydrogen-bond donors (Lipinski definition) is 1. The van der Waals surface area contributed by atoms with Gasteiger partial charge in [0.15, 0.2) is 5.79 Å². The predicted molar refractivity (Wildman–Crippen MR) is 138 cm³/mol. The largest absolute Gasteiger partial charge is 0.393 e. The van der Waals surface area contributed by atoms with E-state index in [-0.39, 0.29) is 18.3 Å². The van der Waals surface area contributed by atoms with Crippen LogP contribution in [-0.2, 0) is 9.47 Å². The lowest BCUT2D eigenvalue weighted by Crippen LogP contribution is -2.51. The summed E-state index contributed by atoms with van der Waals surface area (Å²) in [5, 5.41) is 10.3. The van der Waals surface area contributed by atoms with Crippen molar-refractivity contribution in [3.63, 3.8) is 0 Å². The molecule has 0 aromatic carbocycles. The molecule has 0 aromatic heterocycles. The first-order chi connectivity index (χ1) is 15.9. The van der Waals surface area contributed by atoms with Gasteiger partial charge in [-0.05, 0) is 117 Å². The van der Waals surface area contributed by atoms with Crippen molar-refractivity contribution >= 4 is 0 Å². The van der Waals surface area contributed by atoms with Crippen molar-refractivity contribution in [1.29, 1.82) is 0 Å². The molecule has 1 aliphatic heterocycles. The van der Waals surface area contributed by atoms with E-state index in [2.05, 4.69) is 61.5 Å². The Hall–Kier alpha value is -0.380. The highest BCUT2D eigenvalue weighted by Crippen LogP contribution is 2.67. The number of ether oxygens (including phenoxy) is 2. The smallest absolute Gasteiger partial charge is 0.163 e. The average Bonchev–Trinajstić information content (AvgIpc) is 3.29. The molecule has 0 radical (unpaired) electrons. The van der Waals surface area contributed by atoms with Crippen LogP contribution in [0.1, 0.15) is 107 Å². The third-order valence-electron chi connectivity index (χ3n) is 12.0. The monoisotopic (exact) mass is 472 g/mol. The molecular formula is C31H52O3. The first-order valence-electron chi connectivity index (χ1n) is 14.6. The molecule has 1 N–H and O–H groups in total. The van der Waals surface area contributed by atoms with Crippen LogP contribution in [-0.4, -0.2) is 29.2 Å². The topological polar surface area (TPSA) is 38.7 Å². The number of fused-ring (bicyclic) bond motifs is 5. The van der Waals surface area contributed by atoms with Gasteiger partial charge in [0.1, 0.15) is 0 Å². The van der Waals surface area contributed by atoms with Gasteiger partial charge in [0.2, 0.25) is 0 Å². The third-order valence-corrected chi connectivity index (χ3v) is 12.0. The molecule has 5 aliphatic rings. The SMILES string of the molecule is CC(C)[C@H](C)[C@H]1OC(C)(C)O[C@@H]1[C@@H](C)[C@H]1CC[C@H]2[C@@H]3CC=C4CC(O)CC[C@]4(C)[C@H]3CC[C@]12C. The minimum absolute atomic E-state index is 0.111. The number of rotatable bonds is 4. The van der Waals surface area contributed by atoms with E-state index in [1.165, 1.54) is 38.5 Å². The first-order valence-corrected chi connectivity index (χ1v) is 14.6. The van der Waals surface area contributed by atoms with E-state index >= 15 is 0 Å². The summed E-state index contributed by atoms with van der Waals surface area (Å²) in [7, 11) is 0. The van der Waals surface area contributed by atoms with Crippen LogP contribution in [0.15, 0.2) is 11.6 Å². The van der Waals surface area contributed by atoms with Gasteiger partial charge in [-0.1, -0.05) is 53.2 Å². The zero-order valence-electron chi connectivity index (χ0n) is 23.3. The normalized spacial score (nSPS) is 49.7. The van der Waals surface area contributed by atoms with Crippen LogP contribution in [0.3, 0.4) is 0 Å². The summed E-state index contributed by atoms with van der Waals surface area (Å²) in [6.45, 7) is 18.9. The summed E-state index contributed by atoms with van der Waals surface area (Å²) in [6.07, 6.45) is 12.6. The molecule has 3 saturated carbocycles. The van der Waals surface area contributed by atoms with E-state index < -0.39 is 5.79 Å². The number of hydrogen-bond acceptors (Lipinski definition) is 3. The average molecular weight is 473 g/mol. The lowest BCUT2D eigenvalue weighted by Gasteiger charge is -2.58. The van der Waals surface area contributed by atoms with Gasteiger partial charge in [-0.3, -0.25) is 0 Å². The Morgan fingerprint density at radius 3 is 2.29 bits per heavy atom. The van der Waals surface area contributed by atoms with Crippen molar-refractivity contribution in [2.75, 3.05) is 0 Å². The Balaban J connectivity index is 1.38. The number of aliphatic hydroxyl groups is 1. The highest BCUT2D eigenvalue weighted by molar-refractivity contribution is 5.25. The van der Waals surface area contributed by atoms with Gasteiger partial charge in [-0.2, -0.15) is 0 Å². The molecule has 1 heterocycles. The molecule has 34 heavy (non-hydrogen) atoms. The molecule has 4 fully saturated rings. The van der Waals surface area contributed by atoms with Crippen molar-refractivity contribution < 1.29 is 14.6 Å². The van der Waals surface area contributed by atoms with E-state index in [1.807, 2.05) is 0 Å². The van der Waals surface area contributed by atoms with E-state index in [0.29, 0.717) is 34.5 Å². The van der Waals surface area contributed by atoms with E-state index in [9.17, 15) is 5.11 Å². The molecule has 11 atom stereocenters. The molecule has 194 valence electrons. The lowest BCUT2D eigenvalue weighted by molar-refractivity contribution is -0.157. The summed E-state index contributed by atoms with van der Waals surface area (Å²) in [6, 6.07) is 0. The maximum absolute atomic E-state index is 10.3. The highest BCUT2D eigenvalue weighted by Gasteiger charge is 2.61. The number of aliphatic hydroxyl groups excluding tert-OH is 1. The summed E-state index contributed by atoms with van der Waals surface area (Å²) in [5.74, 6) is 4.32. The van der Waals surface area contributed by atoms with Crippen LogP contribution in [0.4, 0.5) is 0 Å². The highest BCUT2D eigenvalue weighted by atomic mass is 16.8. The summed E-state index contributed by atoms with van der Waals surface area (Å²) in [4.78, 5) is 0. The quantitative estimate of drug-likeness (QED) is 0.434. The van der Waals surface area contributed by atoms with Gasteiger partial charge < -0.3 is 14.6 Å². The van der Waals surface area contributed by atoms with Crippen molar-refractivity contribution in [3.05, 3.63) is 11.6 Å². The second kappa shape index (κ2) is 8.59. The second-order valence-electron chi connectivity index (χ2n) is 14.4. The van der Waals surface area contributed by atoms with Gasteiger partial charge in [-0.25, -0.2) is 0 Å². The molecular weight excluding hydrogens is 420 g/mol. The Labute approximate surface area is 209 Å². The van der Waals surface area contributed by atoms with Gasteiger partial charge in [-0.15, -0.1) is 0 Å². The van der Waals surface area contributed by atoms with Gasteiger partial charge in [0.05, 0.1) is 18.3 Å². The molecule has 1 unspecified atom stereocenters. The zero-order valence-corrected chi connectivity index (χ0v) is 23.3. The summed E-state index contributed by atoms with van der Waals surface area (Å²) >= 11 is 0. The van der Waals surface area contributed by atoms with Crippen molar-refractivity contribution in [2.45, 2.75) is 131 Å². The zero-order chi connectivity index (χ0) is 24.6. The molecule has 0 bridgehead atoms. The Morgan fingerprint density at radius 2 is 1.59 bits per heavy atom. The maximum Gasteiger partial charge on any atom is 0.163 e. The van der Waals surface area contributed by atoms with E-state index in [0.717, 1.165) is 30.6 Å². The van der Waals surface area contributed by atoms with Gasteiger partial charge >= 0.3 is 0 Å². The van der Waals surface area contributed by atoms with Crippen molar-refractivity contribution in [3.8, 4) is 0 Å². The van der Waals surface area contributed by atoms with Gasteiger partial charge in [0, 0.05) is 0 Å². The molecule has 1 saturated heterocycles. The molecule has 4 aliphatic carbocycles. The molecule has 3 nitrogen and oxygen atoms in total. The van der Waals surface area contributed by atoms with E-state index in [1.54, 1.807) is 5.57 Å². The lowest BCUT2D eigenvalue weighted by atomic mass is 9.47. The molecule has 3 heteroatoms. The first kappa shape index (κ1) is 25.3. The van der Waals surface area contributed by atoms with Crippen LogP contribution in [0.5, 0.6) is 0 Å². The molecule has 5 rings (SSSR count). The fourth-order valence-electron chi connectivity index (χ4n) is 9.78. The molecule has 0 aromatic rings. The Kier molecular flexibility index (Phi) is 6.39. The van der Waals surface area contributed by atoms with Crippen LogP contribution in [0.25, 0.3) is 0 Å². The summed E-state index contributed by atoms with van der Waals surface area (Å²) < 4.78 is 13.2. The Bertz CT molecular complexity index is 800. The fraction of sp³-hybridized carbons (Fsp3) is 0.935. The van der Waals surface area contributed by atoms with E-state index in [4.69, 9.17) is 9.47 Å². The Morgan fingerprint density at radius 1 is 0.882 bits per heavy atom. The third kappa shape index (κ3) is 3.86. The predicted octanol–water partition coefficient (Wildman–Crippen LogP) is 7.37. The van der Waals surface area contributed by atoms with Crippen molar-refractivity contribution in [2.24, 2.45) is 52.3 Å². The van der Waals surface area contributed by atoms with Crippen LogP contribution in [0.2, 0.25) is 0 Å². The fourth-order valence-corrected chi connectivity index (χ4v) is 9.78. The summed E-state index contributed by atoms with van der Waals surface area (Å²) in [5.41, 5.74) is 2.33. The number of allylic oxidation sites excluding steroid dienone is 1. The van der Waals surface area contributed by atoms with Crippen molar-refractivity contribution in [1.82, 2.24) is 0 Å². The minimum atomic E-state index is -0.478. The van der Waals surface area contributed by atoms with Crippen LogP contribution in [0, 0.1) is 52.3 Å². The van der Waals surface area contributed by atoms with Crippen LogP contribution >= 0.6 is 0 Å². The van der Waals surface area contributed by atoms with Crippen LogP contribution < -0.4 is 0 Å². The maximum atomic E-state index is 10.3. The second-order valence-corrected chi connectivity index (χ2v) is 14.4. The molecule has 0 amide bonds. The van der Waals surface area contributed by atoms with Gasteiger partial charge in [0.25, 0.3) is 0 Å². The molecule has 0 spiro atoms. The minimum Gasteiger partial charge on any atom is -0.393 e.